The summed E-state index contributed by atoms with van der Waals surface area (Å²) in [6.45, 7) is 9.00. The molecule has 3 rings (SSSR count). The minimum atomic E-state index is -4.59. The van der Waals surface area contributed by atoms with Crippen LogP contribution in [0.15, 0.2) is 43.0 Å². The van der Waals surface area contributed by atoms with Crippen molar-refractivity contribution in [3.05, 3.63) is 54.1 Å². The minimum Gasteiger partial charge on any atom is -0.465 e. The fourth-order valence-electron chi connectivity index (χ4n) is 3.44. The minimum absolute atomic E-state index is 0.140. The number of unbranched alkanes of at least 4 members (excludes halogenated alkanes) is 2. The van der Waals surface area contributed by atoms with Gasteiger partial charge < -0.3 is 38.9 Å². The van der Waals surface area contributed by atoms with Crippen molar-refractivity contribution in [3.8, 4) is 0 Å². The molecule has 214 valence electrons. The van der Waals surface area contributed by atoms with Gasteiger partial charge in [-0.1, -0.05) is 26.7 Å². The molecule has 0 unspecified atom stereocenters. The van der Waals surface area contributed by atoms with E-state index >= 15 is 0 Å². The first-order valence-electron chi connectivity index (χ1n) is 12.6. The number of benzene rings is 1. The molecule has 0 spiro atoms. The number of carbonyl (C=O) groups is 2. The third-order valence-electron chi connectivity index (χ3n) is 5.57. The topological polar surface area (TPSA) is 123 Å². The van der Waals surface area contributed by atoms with Gasteiger partial charge >= 0.3 is 19.5 Å². The molecule has 0 bridgehead atoms. The molecule has 0 atom stereocenters. The van der Waals surface area contributed by atoms with E-state index in [1.54, 1.807) is 0 Å². The highest BCUT2D eigenvalue weighted by molar-refractivity contribution is 7.60. The van der Waals surface area contributed by atoms with Gasteiger partial charge in [-0.3, -0.25) is 4.57 Å². The predicted octanol–water partition coefficient (Wildman–Crippen LogP) is 2.99. The summed E-state index contributed by atoms with van der Waals surface area (Å²) >= 11 is 0. The zero-order chi connectivity index (χ0) is 28.7. The molecule has 0 amide bonds. The van der Waals surface area contributed by atoms with Crippen molar-refractivity contribution in [2.45, 2.75) is 39.5 Å². The maximum absolute atomic E-state index is 11.3. The SMILES string of the molecule is CCCCN1C=CN(C)C1.CCCCN1C=CN(C)C1.COC(=O)c1cc(C(=O)OC)cc(P(=O)(O)O)c1. The van der Waals surface area contributed by atoms with Crippen LogP contribution in [0.25, 0.3) is 0 Å². The Kier molecular flexibility index (Phi) is 14.6. The van der Waals surface area contributed by atoms with Gasteiger partial charge in [0.05, 0.1) is 44.0 Å². The smallest absolute Gasteiger partial charge is 0.356 e. The van der Waals surface area contributed by atoms with Gasteiger partial charge in [-0.05, 0) is 31.0 Å². The standard InChI is InChI=1S/C10H11O7P.2C8H16N2/c1-16-9(11)6-3-7(10(12)17-2)5-8(4-6)18(13,14)15;2*1-3-4-5-10-7-6-9(2)8-10/h3-5H,1-2H3,(H2,13,14,15);2*6-7H,3-5,8H2,1-2H3. The molecule has 2 aliphatic rings. The zero-order valence-corrected chi connectivity index (χ0v) is 24.3. The summed E-state index contributed by atoms with van der Waals surface area (Å²) in [5.74, 6) is -1.62. The third-order valence-corrected chi connectivity index (χ3v) is 6.50. The Bertz CT molecular complexity index is 932. The summed E-state index contributed by atoms with van der Waals surface area (Å²) in [7, 11) is 1.84. The molecule has 0 aliphatic carbocycles. The number of hydrogen-bond acceptors (Lipinski definition) is 9. The molecule has 38 heavy (non-hydrogen) atoms. The summed E-state index contributed by atoms with van der Waals surface area (Å²) in [5, 5.41) is -0.453. The lowest BCUT2D eigenvalue weighted by molar-refractivity contribution is 0.0599. The van der Waals surface area contributed by atoms with Crippen molar-refractivity contribution in [3.63, 3.8) is 0 Å². The highest BCUT2D eigenvalue weighted by Crippen LogP contribution is 2.33. The highest BCUT2D eigenvalue weighted by Gasteiger charge is 2.22. The van der Waals surface area contributed by atoms with Crippen LogP contribution in [0.1, 0.15) is 60.2 Å². The van der Waals surface area contributed by atoms with E-state index in [4.69, 9.17) is 9.79 Å². The van der Waals surface area contributed by atoms with Gasteiger partial charge in [-0.2, -0.15) is 0 Å². The molecule has 0 aromatic heterocycles. The van der Waals surface area contributed by atoms with E-state index in [0.29, 0.717) is 0 Å². The van der Waals surface area contributed by atoms with Crippen LogP contribution < -0.4 is 5.30 Å². The van der Waals surface area contributed by atoms with E-state index in [1.807, 2.05) is 0 Å². The van der Waals surface area contributed by atoms with Gasteiger partial charge in [-0.15, -0.1) is 0 Å². The van der Waals surface area contributed by atoms with E-state index in [0.717, 1.165) is 45.8 Å². The Hall–Kier alpha value is -3.01. The number of nitrogens with zero attached hydrogens (tertiary/aromatic N) is 4. The largest absolute Gasteiger partial charge is 0.465 e. The van der Waals surface area contributed by atoms with Gasteiger partial charge in [0.25, 0.3) is 0 Å². The second-order valence-corrected chi connectivity index (χ2v) is 10.6. The summed E-state index contributed by atoms with van der Waals surface area (Å²) in [6.07, 6.45) is 13.7. The number of carbonyl (C=O) groups excluding carboxylic acids is 2. The molecular weight excluding hydrogens is 511 g/mol. The Balaban J connectivity index is 0.000000307. The summed E-state index contributed by atoms with van der Waals surface area (Å²) < 4.78 is 20.0. The first-order chi connectivity index (χ1) is 17.9. The van der Waals surface area contributed by atoms with E-state index in [9.17, 15) is 14.2 Å². The Morgan fingerprint density at radius 3 is 1.45 bits per heavy atom. The lowest BCUT2D eigenvalue weighted by Crippen LogP contribution is -2.23. The van der Waals surface area contributed by atoms with Gasteiger partial charge in [0.2, 0.25) is 0 Å². The molecule has 11 nitrogen and oxygen atoms in total. The van der Waals surface area contributed by atoms with Crippen LogP contribution in [0.3, 0.4) is 0 Å². The summed E-state index contributed by atoms with van der Waals surface area (Å²) in [6, 6.07) is 3.08. The van der Waals surface area contributed by atoms with Crippen molar-refractivity contribution in [2.75, 3.05) is 54.7 Å². The average molecular weight is 555 g/mol. The average Bonchev–Trinajstić information content (AvgIpc) is 3.52. The van der Waals surface area contributed by atoms with Crippen LogP contribution in [0.4, 0.5) is 0 Å². The number of esters is 2. The zero-order valence-electron chi connectivity index (χ0n) is 23.4. The fraction of sp³-hybridized carbons (Fsp3) is 0.538. The molecule has 1 aromatic rings. The van der Waals surface area contributed by atoms with Gasteiger partial charge in [0.1, 0.15) is 0 Å². The van der Waals surface area contributed by atoms with Crippen molar-refractivity contribution in [1.82, 2.24) is 19.6 Å². The summed E-state index contributed by atoms with van der Waals surface area (Å²) in [5.41, 5.74) is -0.280. The number of methoxy groups -OCH3 is 2. The van der Waals surface area contributed by atoms with Crippen LogP contribution in [0, 0.1) is 0 Å². The van der Waals surface area contributed by atoms with E-state index < -0.39 is 24.8 Å². The molecular formula is C26H43N4O7P. The summed E-state index contributed by atoms with van der Waals surface area (Å²) in [4.78, 5) is 49.8. The van der Waals surface area contributed by atoms with E-state index in [2.05, 4.69) is 81.8 Å². The van der Waals surface area contributed by atoms with E-state index in [-0.39, 0.29) is 11.1 Å². The van der Waals surface area contributed by atoms with Gasteiger partial charge in [0.15, 0.2) is 0 Å². The molecule has 0 saturated heterocycles. The van der Waals surface area contributed by atoms with Gasteiger partial charge in [-0.25, -0.2) is 9.59 Å². The lowest BCUT2D eigenvalue weighted by atomic mass is 10.1. The number of rotatable bonds is 9. The maximum Gasteiger partial charge on any atom is 0.356 e. The van der Waals surface area contributed by atoms with Crippen LogP contribution in [0.2, 0.25) is 0 Å². The Morgan fingerprint density at radius 2 is 1.18 bits per heavy atom. The Labute approximate surface area is 226 Å². The molecule has 1 aromatic carbocycles. The van der Waals surface area contributed by atoms with Crippen molar-refractivity contribution in [2.24, 2.45) is 0 Å². The number of ether oxygens (including phenoxy) is 2. The predicted molar refractivity (Wildman–Crippen MR) is 148 cm³/mol. The van der Waals surface area contributed by atoms with Crippen molar-refractivity contribution in [1.29, 1.82) is 0 Å². The van der Waals surface area contributed by atoms with Crippen LogP contribution in [-0.4, -0.2) is 96.1 Å². The monoisotopic (exact) mass is 554 g/mol. The maximum atomic E-state index is 11.3. The first-order valence-corrected chi connectivity index (χ1v) is 14.2. The lowest BCUT2D eigenvalue weighted by Gasteiger charge is -2.17. The number of hydrogen-bond donors (Lipinski definition) is 2. The van der Waals surface area contributed by atoms with E-state index in [1.165, 1.54) is 38.8 Å². The van der Waals surface area contributed by atoms with Crippen LogP contribution >= 0.6 is 7.60 Å². The molecule has 2 N–H and O–H groups in total. The highest BCUT2D eigenvalue weighted by atomic mass is 31.2. The fourth-order valence-corrected chi connectivity index (χ4v) is 4.06. The van der Waals surface area contributed by atoms with Gasteiger partial charge in [0, 0.05) is 52.0 Å². The molecule has 0 fully saturated rings. The third kappa shape index (κ3) is 12.0. The van der Waals surface area contributed by atoms with Crippen LogP contribution in [-0.2, 0) is 14.0 Å². The van der Waals surface area contributed by atoms with Crippen molar-refractivity contribution < 1.29 is 33.4 Å². The van der Waals surface area contributed by atoms with Crippen molar-refractivity contribution >= 4 is 24.8 Å². The Morgan fingerprint density at radius 1 is 0.789 bits per heavy atom. The first kappa shape index (κ1) is 33.0. The second kappa shape index (κ2) is 16.8. The molecule has 2 aliphatic heterocycles. The molecule has 12 heteroatoms. The molecule has 2 heterocycles. The quantitative estimate of drug-likeness (QED) is 0.346. The second-order valence-electron chi connectivity index (χ2n) is 9.02. The normalized spacial score (nSPS) is 14.1. The molecule has 0 saturated carbocycles. The van der Waals surface area contributed by atoms with Crippen LogP contribution in [0.5, 0.6) is 0 Å². The molecule has 0 radical (unpaired) electrons.